The van der Waals surface area contributed by atoms with Gasteiger partial charge in [0.25, 0.3) is 5.91 Å². The van der Waals surface area contributed by atoms with Gasteiger partial charge in [0.1, 0.15) is 5.75 Å². The molecule has 1 atom stereocenters. The summed E-state index contributed by atoms with van der Waals surface area (Å²) in [5, 5.41) is 10.1. The fourth-order valence-corrected chi connectivity index (χ4v) is 4.48. The molecule has 0 bridgehead atoms. The van der Waals surface area contributed by atoms with E-state index in [-0.39, 0.29) is 11.7 Å². The number of carbonyl (C=O) groups is 1. The first-order chi connectivity index (χ1) is 14.4. The first-order valence-corrected chi connectivity index (χ1v) is 11.2. The van der Waals surface area contributed by atoms with Gasteiger partial charge in [0, 0.05) is 43.9 Å². The van der Waals surface area contributed by atoms with Gasteiger partial charge in [0.2, 0.25) is 0 Å². The van der Waals surface area contributed by atoms with Crippen LogP contribution in [0.4, 0.5) is 0 Å². The molecule has 5 heteroatoms. The normalized spacial score (nSPS) is 17.3. The van der Waals surface area contributed by atoms with Crippen LogP contribution in [0.3, 0.4) is 0 Å². The maximum absolute atomic E-state index is 12.9. The van der Waals surface area contributed by atoms with Gasteiger partial charge in [-0.15, -0.1) is 0 Å². The van der Waals surface area contributed by atoms with Crippen LogP contribution in [0.5, 0.6) is 5.75 Å². The number of likely N-dealkylation sites (tertiary alicyclic amines) is 1. The maximum atomic E-state index is 12.9. The number of carbonyl (C=O) groups excluding carboxylic acids is 1. The van der Waals surface area contributed by atoms with Gasteiger partial charge in [-0.05, 0) is 62.9 Å². The lowest BCUT2D eigenvalue weighted by molar-refractivity contribution is 0.0772. The van der Waals surface area contributed by atoms with E-state index in [0.29, 0.717) is 30.5 Å². The second-order valence-electron chi connectivity index (χ2n) is 8.68. The zero-order chi connectivity index (χ0) is 21.7. The van der Waals surface area contributed by atoms with E-state index in [1.165, 1.54) is 0 Å². The van der Waals surface area contributed by atoms with Crippen LogP contribution in [0.2, 0.25) is 0 Å². The van der Waals surface area contributed by atoms with Crippen LogP contribution in [-0.4, -0.2) is 58.5 Å². The summed E-state index contributed by atoms with van der Waals surface area (Å²) in [4.78, 5) is 22.1. The van der Waals surface area contributed by atoms with Gasteiger partial charge >= 0.3 is 0 Å². The lowest BCUT2D eigenvalue weighted by atomic mass is 9.88. The second-order valence-corrected chi connectivity index (χ2v) is 8.68. The van der Waals surface area contributed by atoms with E-state index >= 15 is 0 Å². The van der Waals surface area contributed by atoms with E-state index in [9.17, 15) is 9.90 Å². The number of nitrogens with zero attached hydrogens (tertiary/aromatic N) is 3. The minimum atomic E-state index is 0.00512. The van der Waals surface area contributed by atoms with E-state index in [4.69, 9.17) is 4.98 Å². The molecular weight excluding hydrogens is 374 g/mol. The summed E-state index contributed by atoms with van der Waals surface area (Å²) in [6.07, 6.45) is 3.99. The summed E-state index contributed by atoms with van der Waals surface area (Å²) < 4.78 is 0. The summed E-state index contributed by atoms with van der Waals surface area (Å²) in [7, 11) is 0. The second kappa shape index (κ2) is 10.1. The predicted octanol–water partition coefficient (Wildman–Crippen LogP) is 4.77. The highest BCUT2D eigenvalue weighted by molar-refractivity contribution is 5.95. The van der Waals surface area contributed by atoms with Crippen LogP contribution in [0.25, 0.3) is 11.1 Å². The van der Waals surface area contributed by atoms with Crippen molar-refractivity contribution >= 4 is 5.91 Å². The molecular formula is C25H35N3O2. The molecule has 1 aliphatic rings. The third kappa shape index (κ3) is 5.20. The van der Waals surface area contributed by atoms with Crippen LogP contribution < -0.4 is 0 Å². The van der Waals surface area contributed by atoms with Crippen LogP contribution in [0.1, 0.15) is 62.5 Å². The standard InChI is InChI=1S/C25H35N3O2/c1-5-28(6-2)25(30)21-14-23(19-9-7-11-22(29)13-19)24(26-15-21)20-10-8-12-27(17-20)16-18(3)4/h7,9,11,13-15,18,20,29H,5-6,8,10,12,16-17H2,1-4H3. The van der Waals surface area contributed by atoms with Crippen LogP contribution in [0, 0.1) is 5.92 Å². The first-order valence-electron chi connectivity index (χ1n) is 11.2. The molecule has 1 aliphatic heterocycles. The Morgan fingerprint density at radius 2 is 2.03 bits per heavy atom. The van der Waals surface area contributed by atoms with Gasteiger partial charge in [-0.25, -0.2) is 0 Å². The van der Waals surface area contributed by atoms with E-state index in [0.717, 1.165) is 49.3 Å². The van der Waals surface area contributed by atoms with Crippen LogP contribution >= 0.6 is 0 Å². The highest BCUT2D eigenvalue weighted by Gasteiger charge is 2.26. The van der Waals surface area contributed by atoms with Gasteiger partial charge in [0.05, 0.1) is 11.3 Å². The summed E-state index contributed by atoms with van der Waals surface area (Å²) in [5.41, 5.74) is 3.51. The molecule has 0 radical (unpaired) electrons. The van der Waals surface area contributed by atoms with Gasteiger partial charge in [-0.2, -0.15) is 0 Å². The average molecular weight is 410 g/mol. The van der Waals surface area contributed by atoms with Crippen molar-refractivity contribution in [1.29, 1.82) is 0 Å². The van der Waals surface area contributed by atoms with Crippen molar-refractivity contribution in [2.45, 2.75) is 46.5 Å². The molecule has 30 heavy (non-hydrogen) atoms. The van der Waals surface area contributed by atoms with E-state index in [1.54, 1.807) is 18.3 Å². The molecule has 1 amide bonds. The van der Waals surface area contributed by atoms with Gasteiger partial charge in [-0.1, -0.05) is 26.0 Å². The fourth-order valence-electron chi connectivity index (χ4n) is 4.48. The molecule has 1 fully saturated rings. The predicted molar refractivity (Wildman–Crippen MR) is 122 cm³/mol. The first kappa shape index (κ1) is 22.3. The molecule has 1 N–H and O–H groups in total. The summed E-state index contributed by atoms with van der Waals surface area (Å²) >= 11 is 0. The van der Waals surface area contributed by atoms with Crippen LogP contribution in [-0.2, 0) is 0 Å². The Morgan fingerprint density at radius 3 is 2.70 bits per heavy atom. The van der Waals surface area contributed by atoms with Crippen molar-refractivity contribution in [2.24, 2.45) is 5.92 Å². The third-order valence-electron chi connectivity index (χ3n) is 5.89. The third-order valence-corrected chi connectivity index (χ3v) is 5.89. The zero-order valence-electron chi connectivity index (χ0n) is 18.8. The lowest BCUT2D eigenvalue weighted by Crippen LogP contribution is -2.37. The number of piperidine rings is 1. The fraction of sp³-hybridized carbons (Fsp3) is 0.520. The number of benzene rings is 1. The maximum Gasteiger partial charge on any atom is 0.255 e. The summed E-state index contributed by atoms with van der Waals surface area (Å²) in [6, 6.07) is 9.24. The number of hydrogen-bond donors (Lipinski definition) is 1. The highest BCUT2D eigenvalue weighted by atomic mass is 16.3. The number of aromatic nitrogens is 1. The number of rotatable bonds is 7. The number of pyridine rings is 1. The Hall–Kier alpha value is -2.40. The van der Waals surface area contributed by atoms with E-state index in [2.05, 4.69) is 18.7 Å². The van der Waals surface area contributed by atoms with Crippen molar-refractivity contribution in [3.8, 4) is 16.9 Å². The summed E-state index contributed by atoms with van der Waals surface area (Å²) in [6.45, 7) is 13.1. The Kier molecular flexibility index (Phi) is 7.48. The Labute approximate surface area is 180 Å². The molecule has 2 heterocycles. The molecule has 1 unspecified atom stereocenters. The van der Waals surface area contributed by atoms with Crippen molar-refractivity contribution in [3.05, 3.63) is 47.8 Å². The lowest BCUT2D eigenvalue weighted by Gasteiger charge is -2.34. The smallest absolute Gasteiger partial charge is 0.255 e. The SMILES string of the molecule is CCN(CC)C(=O)c1cnc(C2CCCN(CC(C)C)C2)c(-c2cccc(O)c2)c1. The molecule has 0 saturated carbocycles. The van der Waals surface area contributed by atoms with Crippen molar-refractivity contribution in [1.82, 2.24) is 14.8 Å². The minimum Gasteiger partial charge on any atom is -0.508 e. The number of aromatic hydroxyl groups is 1. The van der Waals surface area contributed by atoms with E-state index in [1.807, 2.05) is 36.9 Å². The largest absolute Gasteiger partial charge is 0.508 e. The van der Waals surface area contributed by atoms with Crippen molar-refractivity contribution < 1.29 is 9.90 Å². The number of phenols is 1. The highest BCUT2D eigenvalue weighted by Crippen LogP contribution is 2.35. The molecule has 3 rings (SSSR count). The van der Waals surface area contributed by atoms with Crippen molar-refractivity contribution in [3.63, 3.8) is 0 Å². The molecule has 1 saturated heterocycles. The van der Waals surface area contributed by atoms with Gasteiger partial charge < -0.3 is 14.9 Å². The Morgan fingerprint density at radius 1 is 1.27 bits per heavy atom. The Balaban J connectivity index is 2.01. The van der Waals surface area contributed by atoms with Crippen LogP contribution in [0.15, 0.2) is 36.5 Å². The molecule has 0 spiro atoms. The Bertz CT molecular complexity index is 861. The number of amides is 1. The monoisotopic (exact) mass is 409 g/mol. The molecule has 2 aromatic rings. The molecule has 1 aromatic heterocycles. The number of phenolic OH excluding ortho intramolecular Hbond substituents is 1. The molecule has 0 aliphatic carbocycles. The minimum absolute atomic E-state index is 0.00512. The van der Waals surface area contributed by atoms with Gasteiger partial charge in [-0.3, -0.25) is 9.78 Å². The topological polar surface area (TPSA) is 56.7 Å². The van der Waals surface area contributed by atoms with E-state index < -0.39 is 0 Å². The number of hydrogen-bond acceptors (Lipinski definition) is 4. The zero-order valence-corrected chi connectivity index (χ0v) is 18.8. The molecule has 5 nitrogen and oxygen atoms in total. The molecule has 162 valence electrons. The van der Waals surface area contributed by atoms with Crippen molar-refractivity contribution in [2.75, 3.05) is 32.7 Å². The van der Waals surface area contributed by atoms with Gasteiger partial charge in [0.15, 0.2) is 0 Å². The quantitative estimate of drug-likeness (QED) is 0.716. The summed E-state index contributed by atoms with van der Waals surface area (Å²) in [5.74, 6) is 1.19. The average Bonchev–Trinajstić information content (AvgIpc) is 2.74. The molecule has 1 aromatic carbocycles.